The van der Waals surface area contributed by atoms with Crippen LogP contribution in [0.1, 0.15) is 17.5 Å². The van der Waals surface area contributed by atoms with Gasteiger partial charge in [-0.25, -0.2) is 14.4 Å². The average molecular weight is 372 g/mol. The molecule has 0 spiro atoms. The van der Waals surface area contributed by atoms with E-state index in [4.69, 9.17) is 0 Å². The van der Waals surface area contributed by atoms with Crippen LogP contribution in [0, 0.1) is 5.82 Å². The van der Waals surface area contributed by atoms with Crippen molar-refractivity contribution in [2.75, 3.05) is 5.32 Å². The van der Waals surface area contributed by atoms with Crippen LogP contribution in [-0.4, -0.2) is 16.0 Å². The first-order valence-corrected chi connectivity index (χ1v) is 8.42. The van der Waals surface area contributed by atoms with Crippen LogP contribution in [-0.2, 0) is 12.8 Å². The highest BCUT2D eigenvalue weighted by Crippen LogP contribution is 2.28. The highest BCUT2D eigenvalue weighted by molar-refractivity contribution is 9.10. The van der Waals surface area contributed by atoms with Crippen molar-refractivity contribution in [3.8, 4) is 0 Å². The summed E-state index contributed by atoms with van der Waals surface area (Å²) in [5.41, 5.74) is 3.52. The number of aryl methyl sites for hydroxylation is 1. The Kier molecular flexibility index (Phi) is 3.73. The lowest BCUT2D eigenvalue weighted by atomic mass is 9.88. The fourth-order valence-corrected chi connectivity index (χ4v) is 3.59. The van der Waals surface area contributed by atoms with Crippen LogP contribution < -0.4 is 5.32 Å². The third-order valence-corrected chi connectivity index (χ3v) is 4.83. The molecule has 0 saturated heterocycles. The van der Waals surface area contributed by atoms with Gasteiger partial charge in [0.25, 0.3) is 0 Å². The zero-order chi connectivity index (χ0) is 15.8. The van der Waals surface area contributed by atoms with Crippen molar-refractivity contribution in [3.63, 3.8) is 0 Å². The van der Waals surface area contributed by atoms with Crippen molar-refractivity contribution in [1.29, 1.82) is 0 Å². The number of hydrogen-bond acceptors (Lipinski definition) is 3. The monoisotopic (exact) mass is 371 g/mol. The lowest BCUT2D eigenvalue weighted by Gasteiger charge is -2.26. The summed E-state index contributed by atoms with van der Waals surface area (Å²) >= 11 is 3.53. The molecule has 1 aromatic heterocycles. The number of nitrogens with one attached hydrogen (secondary N) is 1. The summed E-state index contributed by atoms with van der Waals surface area (Å²) in [5, 5.41) is 4.21. The molecule has 1 heterocycles. The Bertz CT molecular complexity index is 881. The smallest absolute Gasteiger partial charge is 0.137 e. The molecule has 0 bridgehead atoms. The maximum atomic E-state index is 13.5. The van der Waals surface area contributed by atoms with Gasteiger partial charge in [0, 0.05) is 15.9 Å². The van der Waals surface area contributed by atoms with E-state index in [-0.39, 0.29) is 5.82 Å². The van der Waals surface area contributed by atoms with Crippen LogP contribution in [0.2, 0.25) is 0 Å². The van der Waals surface area contributed by atoms with Gasteiger partial charge >= 0.3 is 0 Å². The van der Waals surface area contributed by atoms with Gasteiger partial charge in [0.05, 0.1) is 5.52 Å². The van der Waals surface area contributed by atoms with Crippen LogP contribution in [0.4, 0.5) is 10.2 Å². The normalized spacial score (nSPS) is 17.0. The molecule has 1 unspecified atom stereocenters. The second kappa shape index (κ2) is 5.89. The summed E-state index contributed by atoms with van der Waals surface area (Å²) in [5.74, 6) is 0.439. The van der Waals surface area contributed by atoms with E-state index >= 15 is 0 Å². The van der Waals surface area contributed by atoms with Crippen molar-refractivity contribution in [1.82, 2.24) is 9.97 Å². The van der Waals surface area contributed by atoms with Gasteiger partial charge in [0.1, 0.15) is 18.0 Å². The summed E-state index contributed by atoms with van der Waals surface area (Å²) in [6.07, 6.45) is 4.54. The number of rotatable bonds is 2. The summed E-state index contributed by atoms with van der Waals surface area (Å²) in [6, 6.07) is 11.3. The largest absolute Gasteiger partial charge is 0.366 e. The Labute approximate surface area is 142 Å². The number of nitrogens with zero attached hydrogens (tertiary/aromatic N) is 2. The van der Waals surface area contributed by atoms with Gasteiger partial charge in [-0.1, -0.05) is 22.0 Å². The quantitative estimate of drug-likeness (QED) is 0.720. The summed E-state index contributed by atoms with van der Waals surface area (Å²) in [6.45, 7) is 0. The molecule has 0 amide bonds. The van der Waals surface area contributed by atoms with E-state index in [2.05, 4.69) is 49.4 Å². The van der Waals surface area contributed by atoms with E-state index in [0.717, 1.165) is 34.6 Å². The van der Waals surface area contributed by atoms with E-state index in [1.165, 1.54) is 29.6 Å². The first kappa shape index (κ1) is 14.6. The Morgan fingerprint density at radius 1 is 1.09 bits per heavy atom. The molecule has 3 nitrogen and oxygen atoms in total. The number of halogens is 2. The minimum Gasteiger partial charge on any atom is -0.366 e. The predicted octanol–water partition coefficient (Wildman–Crippen LogP) is 4.50. The van der Waals surface area contributed by atoms with Crippen molar-refractivity contribution >= 4 is 32.7 Å². The Morgan fingerprint density at radius 3 is 2.91 bits per heavy atom. The first-order valence-electron chi connectivity index (χ1n) is 7.63. The van der Waals surface area contributed by atoms with Crippen LogP contribution in [0.5, 0.6) is 0 Å². The second-order valence-corrected chi connectivity index (χ2v) is 6.80. The number of anilines is 1. The molecule has 1 atom stereocenters. The molecule has 0 saturated carbocycles. The van der Waals surface area contributed by atoms with E-state index < -0.39 is 0 Å². The lowest BCUT2D eigenvalue weighted by Crippen LogP contribution is -2.27. The molecule has 1 aliphatic rings. The second-order valence-electron chi connectivity index (χ2n) is 5.88. The average Bonchev–Trinajstić information content (AvgIpc) is 2.55. The molecular formula is C18H15BrFN3. The van der Waals surface area contributed by atoms with Gasteiger partial charge in [-0.2, -0.15) is 0 Å². The van der Waals surface area contributed by atoms with Crippen molar-refractivity contribution < 1.29 is 4.39 Å². The van der Waals surface area contributed by atoms with E-state index in [9.17, 15) is 4.39 Å². The lowest BCUT2D eigenvalue weighted by molar-refractivity contribution is 0.608. The fraction of sp³-hybridized carbons (Fsp3) is 0.222. The summed E-state index contributed by atoms with van der Waals surface area (Å²) in [7, 11) is 0. The minimum atomic E-state index is -0.269. The molecule has 1 N–H and O–H groups in total. The Morgan fingerprint density at radius 2 is 2.00 bits per heavy atom. The Balaban J connectivity index is 1.62. The van der Waals surface area contributed by atoms with E-state index in [1.807, 2.05) is 0 Å². The first-order chi connectivity index (χ1) is 11.2. The molecular weight excluding hydrogens is 357 g/mol. The molecule has 5 heteroatoms. The van der Waals surface area contributed by atoms with Crippen LogP contribution in [0.25, 0.3) is 10.9 Å². The molecule has 0 fully saturated rings. The van der Waals surface area contributed by atoms with Gasteiger partial charge in [-0.3, -0.25) is 0 Å². The number of fused-ring (bicyclic) bond motifs is 2. The van der Waals surface area contributed by atoms with Crippen molar-refractivity contribution in [2.24, 2.45) is 0 Å². The molecule has 0 radical (unpaired) electrons. The van der Waals surface area contributed by atoms with Gasteiger partial charge < -0.3 is 5.32 Å². The summed E-state index contributed by atoms with van der Waals surface area (Å²) < 4.78 is 14.7. The number of benzene rings is 2. The van der Waals surface area contributed by atoms with Crippen LogP contribution in [0.15, 0.2) is 47.2 Å². The van der Waals surface area contributed by atoms with Crippen molar-refractivity contribution in [3.05, 3.63) is 64.1 Å². The topological polar surface area (TPSA) is 37.8 Å². The van der Waals surface area contributed by atoms with Gasteiger partial charge in [0.15, 0.2) is 0 Å². The maximum absolute atomic E-state index is 13.5. The molecule has 3 aromatic rings. The standard InChI is InChI=1S/C18H15BrFN3/c19-13-3-1-12-8-15(5-2-11(12)7-13)23-18-16-9-14(20)4-6-17(16)21-10-22-18/h1,3-4,6-7,9-10,15H,2,5,8H2,(H,21,22,23). The molecule has 4 rings (SSSR count). The number of hydrogen-bond donors (Lipinski definition) is 1. The van der Waals surface area contributed by atoms with E-state index in [1.54, 1.807) is 6.07 Å². The van der Waals surface area contributed by atoms with Crippen molar-refractivity contribution in [2.45, 2.75) is 25.3 Å². The SMILES string of the molecule is Fc1ccc2ncnc(NC3CCc4cc(Br)ccc4C3)c2c1. The number of aromatic nitrogens is 2. The minimum absolute atomic E-state index is 0.269. The molecule has 23 heavy (non-hydrogen) atoms. The van der Waals surface area contributed by atoms with Gasteiger partial charge in [-0.15, -0.1) is 0 Å². The van der Waals surface area contributed by atoms with Crippen LogP contribution >= 0.6 is 15.9 Å². The Hall–Kier alpha value is -2.01. The third kappa shape index (κ3) is 2.93. The third-order valence-electron chi connectivity index (χ3n) is 4.33. The zero-order valence-electron chi connectivity index (χ0n) is 12.4. The molecule has 116 valence electrons. The molecule has 0 aliphatic heterocycles. The highest BCUT2D eigenvalue weighted by atomic mass is 79.9. The zero-order valence-corrected chi connectivity index (χ0v) is 14.0. The van der Waals surface area contributed by atoms with Gasteiger partial charge in [-0.05, 0) is 60.7 Å². The highest BCUT2D eigenvalue weighted by Gasteiger charge is 2.19. The van der Waals surface area contributed by atoms with E-state index in [0.29, 0.717) is 11.9 Å². The predicted molar refractivity (Wildman–Crippen MR) is 93.1 cm³/mol. The van der Waals surface area contributed by atoms with Crippen LogP contribution in [0.3, 0.4) is 0 Å². The molecule has 2 aromatic carbocycles. The molecule has 1 aliphatic carbocycles. The maximum Gasteiger partial charge on any atom is 0.137 e. The summed E-state index contributed by atoms with van der Waals surface area (Å²) in [4.78, 5) is 8.51. The fourth-order valence-electron chi connectivity index (χ4n) is 3.18. The van der Waals surface area contributed by atoms with Gasteiger partial charge in [0.2, 0.25) is 0 Å².